The van der Waals surface area contributed by atoms with Crippen molar-refractivity contribution >= 4 is 34.4 Å². The highest BCUT2D eigenvalue weighted by molar-refractivity contribution is 7.20. The molecule has 8 nitrogen and oxygen atoms in total. The number of anilines is 1. The number of hydrogen-bond acceptors (Lipinski definition) is 5. The fourth-order valence-corrected chi connectivity index (χ4v) is 4.59. The third kappa shape index (κ3) is 6.46. The fourth-order valence-electron chi connectivity index (χ4n) is 3.52. The van der Waals surface area contributed by atoms with Crippen LogP contribution in [-0.2, 0) is 4.74 Å². The summed E-state index contributed by atoms with van der Waals surface area (Å²) in [6.07, 6.45) is 2.10. The molecule has 0 unspecified atom stereocenters. The summed E-state index contributed by atoms with van der Waals surface area (Å²) >= 11 is 1.29. The SMILES string of the molecule is CC(C)(C)OC(=O)N1CCCC[C@H](NC(=O)c2cc(-c3ccccc3)sc2NC(N)=O)C1. The van der Waals surface area contributed by atoms with E-state index in [4.69, 9.17) is 10.5 Å². The van der Waals surface area contributed by atoms with Crippen molar-refractivity contribution < 1.29 is 19.1 Å². The second kappa shape index (κ2) is 10.0. The summed E-state index contributed by atoms with van der Waals surface area (Å²) < 4.78 is 5.50. The zero-order valence-electron chi connectivity index (χ0n) is 18.6. The van der Waals surface area contributed by atoms with Gasteiger partial charge in [-0.2, -0.15) is 0 Å². The van der Waals surface area contributed by atoms with E-state index in [1.165, 1.54) is 11.3 Å². The minimum absolute atomic E-state index is 0.223. The fraction of sp³-hybridized carbons (Fsp3) is 0.435. The van der Waals surface area contributed by atoms with E-state index in [1.54, 1.807) is 11.0 Å². The van der Waals surface area contributed by atoms with Gasteiger partial charge in [0.25, 0.3) is 5.91 Å². The van der Waals surface area contributed by atoms with Crippen molar-refractivity contribution in [2.75, 3.05) is 18.4 Å². The minimum atomic E-state index is -0.730. The summed E-state index contributed by atoms with van der Waals surface area (Å²) in [6.45, 7) is 6.45. The van der Waals surface area contributed by atoms with Crippen LogP contribution in [0.2, 0.25) is 0 Å². The first-order valence-corrected chi connectivity index (χ1v) is 11.5. The topological polar surface area (TPSA) is 114 Å². The van der Waals surface area contributed by atoms with Gasteiger partial charge in [-0.1, -0.05) is 30.3 Å². The molecule has 1 saturated heterocycles. The predicted molar refractivity (Wildman–Crippen MR) is 126 cm³/mol. The summed E-state index contributed by atoms with van der Waals surface area (Å²) in [4.78, 5) is 39.7. The van der Waals surface area contributed by atoms with Gasteiger partial charge in [-0.25, -0.2) is 9.59 Å². The Balaban J connectivity index is 1.77. The Bertz CT molecular complexity index is 968. The van der Waals surface area contributed by atoms with Crippen molar-refractivity contribution in [3.63, 3.8) is 0 Å². The molecule has 1 aromatic heterocycles. The first kappa shape index (κ1) is 23.6. The van der Waals surface area contributed by atoms with Gasteiger partial charge in [-0.15, -0.1) is 11.3 Å². The lowest BCUT2D eigenvalue weighted by molar-refractivity contribution is 0.0242. The lowest BCUT2D eigenvalue weighted by Crippen LogP contribution is -2.46. The van der Waals surface area contributed by atoms with E-state index < -0.39 is 11.6 Å². The van der Waals surface area contributed by atoms with Gasteiger partial charge in [-0.05, 0) is 51.7 Å². The van der Waals surface area contributed by atoms with Crippen molar-refractivity contribution in [1.82, 2.24) is 10.2 Å². The maximum atomic E-state index is 13.1. The van der Waals surface area contributed by atoms with Crippen LogP contribution < -0.4 is 16.4 Å². The van der Waals surface area contributed by atoms with E-state index in [2.05, 4.69) is 10.6 Å². The lowest BCUT2D eigenvalue weighted by atomic mass is 10.1. The van der Waals surface area contributed by atoms with E-state index in [-0.39, 0.29) is 18.0 Å². The molecule has 0 aliphatic carbocycles. The lowest BCUT2D eigenvalue weighted by Gasteiger charge is -2.28. The van der Waals surface area contributed by atoms with Gasteiger partial charge in [0.05, 0.1) is 5.56 Å². The molecule has 1 aromatic carbocycles. The third-order valence-electron chi connectivity index (χ3n) is 4.93. The molecule has 1 atom stereocenters. The normalized spacial score (nSPS) is 16.7. The molecule has 2 aromatic rings. The number of nitrogens with one attached hydrogen (secondary N) is 2. The molecule has 0 saturated carbocycles. The quantitative estimate of drug-likeness (QED) is 0.629. The van der Waals surface area contributed by atoms with E-state index in [1.807, 2.05) is 51.1 Å². The van der Waals surface area contributed by atoms with Crippen molar-refractivity contribution in [3.05, 3.63) is 42.0 Å². The molecule has 9 heteroatoms. The van der Waals surface area contributed by atoms with Crippen LogP contribution in [-0.4, -0.2) is 47.7 Å². The molecule has 0 radical (unpaired) electrons. The maximum Gasteiger partial charge on any atom is 0.410 e. The van der Waals surface area contributed by atoms with Crippen LogP contribution in [0.15, 0.2) is 36.4 Å². The number of likely N-dealkylation sites (tertiary alicyclic amines) is 1. The summed E-state index contributed by atoms with van der Waals surface area (Å²) in [5, 5.41) is 5.98. The highest BCUT2D eigenvalue weighted by atomic mass is 32.1. The van der Waals surface area contributed by atoms with Crippen LogP contribution in [0.25, 0.3) is 10.4 Å². The standard InChI is InChI=1S/C23H30N4O4S/c1-23(2,3)31-22(30)27-12-8-7-11-16(14-27)25-19(28)17-13-18(15-9-5-4-6-10-15)32-20(17)26-21(24)29/h4-6,9-10,13,16H,7-8,11-12,14H2,1-3H3,(H,25,28)(H3,24,26,29)/t16-/m0/s1. The van der Waals surface area contributed by atoms with Crippen molar-refractivity contribution in [2.45, 2.75) is 51.7 Å². The molecule has 4 amide bonds. The molecule has 3 rings (SSSR count). The van der Waals surface area contributed by atoms with Gasteiger partial charge in [0, 0.05) is 24.0 Å². The molecule has 0 bridgehead atoms. The molecule has 2 heterocycles. The number of benzene rings is 1. The average Bonchev–Trinajstić information content (AvgIpc) is 2.97. The van der Waals surface area contributed by atoms with E-state index in [0.717, 1.165) is 29.7 Å². The van der Waals surface area contributed by atoms with Crippen LogP contribution in [0, 0.1) is 0 Å². The summed E-state index contributed by atoms with van der Waals surface area (Å²) in [5.41, 5.74) is 6.02. The van der Waals surface area contributed by atoms with Gasteiger partial charge in [-0.3, -0.25) is 10.1 Å². The molecule has 1 aliphatic rings. The number of nitrogens with two attached hydrogens (primary N) is 1. The number of ether oxygens (including phenoxy) is 1. The number of amides is 4. The Morgan fingerprint density at radius 2 is 1.88 bits per heavy atom. The smallest absolute Gasteiger partial charge is 0.410 e. The van der Waals surface area contributed by atoms with Crippen molar-refractivity contribution in [2.24, 2.45) is 5.73 Å². The molecular weight excluding hydrogens is 428 g/mol. The Morgan fingerprint density at radius 3 is 2.53 bits per heavy atom. The van der Waals surface area contributed by atoms with E-state index in [0.29, 0.717) is 23.7 Å². The number of hydrogen-bond donors (Lipinski definition) is 3. The number of rotatable bonds is 4. The zero-order valence-corrected chi connectivity index (χ0v) is 19.5. The molecule has 1 fully saturated rings. The van der Waals surface area contributed by atoms with Crippen LogP contribution in [0.4, 0.5) is 14.6 Å². The number of carbonyl (C=O) groups is 3. The molecule has 0 spiro atoms. The largest absolute Gasteiger partial charge is 0.444 e. The Hall–Kier alpha value is -3.07. The van der Waals surface area contributed by atoms with Crippen LogP contribution in [0.1, 0.15) is 50.4 Å². The highest BCUT2D eigenvalue weighted by Gasteiger charge is 2.28. The number of carbonyl (C=O) groups excluding carboxylic acids is 3. The van der Waals surface area contributed by atoms with Crippen LogP contribution in [0.5, 0.6) is 0 Å². The van der Waals surface area contributed by atoms with Crippen molar-refractivity contribution in [3.8, 4) is 10.4 Å². The Labute approximate surface area is 192 Å². The Morgan fingerprint density at radius 1 is 1.16 bits per heavy atom. The molecule has 172 valence electrons. The summed E-state index contributed by atoms with van der Waals surface area (Å²) in [6, 6.07) is 10.4. The summed E-state index contributed by atoms with van der Waals surface area (Å²) in [5.74, 6) is -0.316. The van der Waals surface area contributed by atoms with Gasteiger partial charge >= 0.3 is 12.1 Å². The highest BCUT2D eigenvalue weighted by Crippen LogP contribution is 2.35. The van der Waals surface area contributed by atoms with Crippen LogP contribution in [0.3, 0.4) is 0 Å². The summed E-state index contributed by atoms with van der Waals surface area (Å²) in [7, 11) is 0. The monoisotopic (exact) mass is 458 g/mol. The van der Waals surface area contributed by atoms with E-state index >= 15 is 0 Å². The Kier molecular flexibility index (Phi) is 7.40. The minimum Gasteiger partial charge on any atom is -0.444 e. The second-order valence-electron chi connectivity index (χ2n) is 8.80. The number of nitrogens with zero attached hydrogens (tertiary/aromatic N) is 1. The van der Waals surface area contributed by atoms with Gasteiger partial charge in [0.15, 0.2) is 0 Å². The van der Waals surface area contributed by atoms with Gasteiger partial charge in [0.2, 0.25) is 0 Å². The average molecular weight is 459 g/mol. The van der Waals surface area contributed by atoms with E-state index in [9.17, 15) is 14.4 Å². The molecule has 4 N–H and O–H groups in total. The number of urea groups is 1. The van der Waals surface area contributed by atoms with Crippen LogP contribution >= 0.6 is 11.3 Å². The maximum absolute atomic E-state index is 13.1. The van der Waals surface area contributed by atoms with Gasteiger partial charge in [0.1, 0.15) is 10.6 Å². The number of primary amides is 1. The predicted octanol–water partition coefficient (Wildman–Crippen LogP) is 4.43. The first-order chi connectivity index (χ1) is 15.1. The van der Waals surface area contributed by atoms with Gasteiger partial charge < -0.3 is 20.7 Å². The second-order valence-corrected chi connectivity index (χ2v) is 9.85. The number of thiophene rings is 1. The molecular formula is C23H30N4O4S. The third-order valence-corrected chi connectivity index (χ3v) is 6.03. The van der Waals surface area contributed by atoms with Crippen molar-refractivity contribution in [1.29, 1.82) is 0 Å². The molecule has 32 heavy (non-hydrogen) atoms. The first-order valence-electron chi connectivity index (χ1n) is 10.7. The molecule has 1 aliphatic heterocycles. The zero-order chi connectivity index (χ0) is 23.3.